The number of anilines is 1. The SMILES string of the molecule is CCc1ccccc1NC(=O)CCN1C(=S)N[C@H](c2ccccn2)[C@H]1c1cc(C)n(Cc2cccnc2)c1C. The quantitative estimate of drug-likeness (QED) is 0.274. The molecule has 1 aliphatic rings. The molecule has 1 saturated heterocycles. The van der Waals surface area contributed by atoms with Gasteiger partial charge in [0.05, 0.1) is 17.8 Å². The number of carbonyl (C=O) groups is 1. The Hall–Kier alpha value is -4.04. The number of amides is 1. The minimum Gasteiger partial charge on any atom is -0.352 e. The van der Waals surface area contributed by atoms with Crippen molar-refractivity contribution in [1.82, 2.24) is 24.8 Å². The minimum absolute atomic E-state index is 0.0270. The van der Waals surface area contributed by atoms with Crippen LogP contribution in [0.2, 0.25) is 0 Å². The molecule has 5 rings (SSSR count). The molecule has 0 radical (unpaired) electrons. The van der Waals surface area contributed by atoms with Gasteiger partial charge in [0.25, 0.3) is 0 Å². The molecule has 1 aliphatic heterocycles. The third kappa shape index (κ3) is 5.71. The van der Waals surface area contributed by atoms with E-state index in [0.29, 0.717) is 18.1 Å². The molecular weight excluding hydrogens is 504 g/mol. The summed E-state index contributed by atoms with van der Waals surface area (Å²) in [7, 11) is 0. The number of para-hydroxylation sites is 1. The number of thiocarbonyl (C=S) groups is 1. The smallest absolute Gasteiger partial charge is 0.226 e. The summed E-state index contributed by atoms with van der Waals surface area (Å²) in [6, 6.07) is 20.0. The molecule has 1 aromatic carbocycles. The Balaban J connectivity index is 1.43. The predicted octanol–water partition coefficient (Wildman–Crippen LogP) is 5.51. The number of benzene rings is 1. The van der Waals surface area contributed by atoms with E-state index < -0.39 is 0 Å². The van der Waals surface area contributed by atoms with Crippen molar-refractivity contribution >= 4 is 28.9 Å². The van der Waals surface area contributed by atoms with Crippen molar-refractivity contribution in [2.45, 2.75) is 52.2 Å². The van der Waals surface area contributed by atoms with Gasteiger partial charge in [-0.25, -0.2) is 0 Å². The topological polar surface area (TPSA) is 75.1 Å². The van der Waals surface area contributed by atoms with Crippen molar-refractivity contribution in [1.29, 1.82) is 0 Å². The molecule has 0 bridgehead atoms. The third-order valence-electron chi connectivity index (χ3n) is 7.44. The van der Waals surface area contributed by atoms with E-state index in [9.17, 15) is 4.79 Å². The van der Waals surface area contributed by atoms with Gasteiger partial charge < -0.3 is 20.1 Å². The lowest BCUT2D eigenvalue weighted by molar-refractivity contribution is -0.116. The zero-order valence-corrected chi connectivity index (χ0v) is 23.4. The highest BCUT2D eigenvalue weighted by Crippen LogP contribution is 2.41. The van der Waals surface area contributed by atoms with Gasteiger partial charge in [0.15, 0.2) is 5.11 Å². The first kappa shape index (κ1) is 26.6. The van der Waals surface area contributed by atoms with Crippen LogP contribution in [-0.4, -0.2) is 37.0 Å². The summed E-state index contributed by atoms with van der Waals surface area (Å²) >= 11 is 5.84. The highest BCUT2D eigenvalue weighted by Gasteiger charge is 2.41. The van der Waals surface area contributed by atoms with Crippen LogP contribution in [0.1, 0.15) is 59.2 Å². The molecular formula is C31H34N6OS. The van der Waals surface area contributed by atoms with Crippen molar-refractivity contribution in [2.75, 3.05) is 11.9 Å². The Morgan fingerprint density at radius 1 is 1.08 bits per heavy atom. The van der Waals surface area contributed by atoms with E-state index in [1.54, 1.807) is 6.20 Å². The zero-order chi connectivity index (χ0) is 27.4. The van der Waals surface area contributed by atoms with Crippen molar-refractivity contribution in [2.24, 2.45) is 0 Å². The van der Waals surface area contributed by atoms with Crippen LogP contribution in [0.15, 0.2) is 79.3 Å². The average Bonchev–Trinajstić information content (AvgIpc) is 3.43. The lowest BCUT2D eigenvalue weighted by Gasteiger charge is -2.28. The second kappa shape index (κ2) is 11.8. The Kier molecular flexibility index (Phi) is 8.02. The molecule has 1 amide bonds. The van der Waals surface area contributed by atoms with Crippen LogP contribution in [0.3, 0.4) is 0 Å². The normalized spacial score (nSPS) is 16.8. The number of hydrogen-bond donors (Lipinski definition) is 2. The average molecular weight is 539 g/mol. The van der Waals surface area contributed by atoms with Gasteiger partial charge in [-0.2, -0.15) is 0 Å². The molecule has 4 heterocycles. The minimum atomic E-state index is -0.130. The molecule has 39 heavy (non-hydrogen) atoms. The summed E-state index contributed by atoms with van der Waals surface area (Å²) in [5.41, 5.74) is 7.57. The number of carbonyl (C=O) groups excluding carboxylic acids is 1. The molecule has 0 aliphatic carbocycles. The Morgan fingerprint density at radius 3 is 2.64 bits per heavy atom. The van der Waals surface area contributed by atoms with E-state index in [0.717, 1.165) is 41.2 Å². The Labute approximate surface area is 235 Å². The fourth-order valence-electron chi connectivity index (χ4n) is 5.41. The van der Waals surface area contributed by atoms with Gasteiger partial charge in [-0.05, 0) is 79.5 Å². The summed E-state index contributed by atoms with van der Waals surface area (Å²) < 4.78 is 2.32. The maximum atomic E-state index is 13.0. The molecule has 1 fully saturated rings. The van der Waals surface area contributed by atoms with Crippen molar-refractivity contribution in [3.05, 3.63) is 113 Å². The van der Waals surface area contributed by atoms with Gasteiger partial charge in [-0.1, -0.05) is 37.3 Å². The van der Waals surface area contributed by atoms with E-state index in [1.807, 2.05) is 60.9 Å². The van der Waals surface area contributed by atoms with Gasteiger partial charge >= 0.3 is 0 Å². The van der Waals surface area contributed by atoms with Crippen molar-refractivity contribution in [3.63, 3.8) is 0 Å². The maximum Gasteiger partial charge on any atom is 0.226 e. The Morgan fingerprint density at radius 2 is 1.90 bits per heavy atom. The van der Waals surface area contributed by atoms with Crippen molar-refractivity contribution in [3.8, 4) is 0 Å². The highest BCUT2D eigenvalue weighted by atomic mass is 32.1. The van der Waals surface area contributed by atoms with Crippen LogP contribution >= 0.6 is 12.2 Å². The first-order chi connectivity index (χ1) is 19.0. The highest BCUT2D eigenvalue weighted by molar-refractivity contribution is 7.80. The van der Waals surface area contributed by atoms with Crippen LogP contribution in [0.4, 0.5) is 5.69 Å². The lowest BCUT2D eigenvalue weighted by Crippen LogP contribution is -2.33. The number of rotatable bonds is 9. The molecule has 0 spiro atoms. The van der Waals surface area contributed by atoms with E-state index in [-0.39, 0.29) is 18.0 Å². The van der Waals surface area contributed by atoms with E-state index in [4.69, 9.17) is 12.2 Å². The first-order valence-electron chi connectivity index (χ1n) is 13.4. The number of hydrogen-bond acceptors (Lipinski definition) is 4. The number of aromatic nitrogens is 3. The van der Waals surface area contributed by atoms with Crippen LogP contribution < -0.4 is 10.6 Å². The van der Waals surface area contributed by atoms with Crippen LogP contribution in [0, 0.1) is 13.8 Å². The summed E-state index contributed by atoms with van der Waals surface area (Å²) in [4.78, 5) is 24.1. The summed E-state index contributed by atoms with van der Waals surface area (Å²) in [6.45, 7) is 7.61. The molecule has 2 N–H and O–H groups in total. The van der Waals surface area contributed by atoms with E-state index >= 15 is 0 Å². The van der Waals surface area contributed by atoms with Gasteiger partial charge in [-0.15, -0.1) is 0 Å². The largest absolute Gasteiger partial charge is 0.352 e. The van der Waals surface area contributed by atoms with Gasteiger partial charge in [0, 0.05) is 55.2 Å². The van der Waals surface area contributed by atoms with Gasteiger partial charge in [-0.3, -0.25) is 14.8 Å². The third-order valence-corrected chi connectivity index (χ3v) is 7.80. The molecule has 200 valence electrons. The van der Waals surface area contributed by atoms with E-state index in [2.05, 4.69) is 63.0 Å². The van der Waals surface area contributed by atoms with Crippen molar-refractivity contribution < 1.29 is 4.79 Å². The standard InChI is InChI=1S/C31H34N6OS/c1-4-24-11-5-6-12-26(24)34-28(38)14-17-36-30(29(35-31(36)39)27-13-7-8-16-33-27)25-18-21(2)37(22(25)3)20-23-10-9-15-32-19-23/h5-13,15-16,18-19,29-30H,4,14,17,20H2,1-3H3,(H,34,38)(H,35,39)/t29-,30-/m1/s1. The first-order valence-corrected chi connectivity index (χ1v) is 13.8. The number of pyridine rings is 2. The van der Waals surface area contributed by atoms with Crippen LogP contribution in [0.25, 0.3) is 0 Å². The molecule has 0 saturated carbocycles. The zero-order valence-electron chi connectivity index (χ0n) is 22.6. The van der Waals surface area contributed by atoms with Crippen LogP contribution in [-0.2, 0) is 17.8 Å². The maximum absolute atomic E-state index is 13.0. The second-order valence-electron chi connectivity index (χ2n) is 9.90. The Bertz CT molecular complexity index is 1450. The van der Waals surface area contributed by atoms with Gasteiger partial charge in [0.2, 0.25) is 5.91 Å². The summed E-state index contributed by atoms with van der Waals surface area (Å²) in [6.07, 6.45) is 6.69. The van der Waals surface area contributed by atoms with E-state index in [1.165, 1.54) is 11.3 Å². The second-order valence-corrected chi connectivity index (χ2v) is 10.3. The molecule has 8 heteroatoms. The molecule has 7 nitrogen and oxygen atoms in total. The summed E-state index contributed by atoms with van der Waals surface area (Å²) in [5.74, 6) is -0.0270. The molecule has 4 aromatic rings. The number of aryl methyl sites for hydroxylation is 2. The monoisotopic (exact) mass is 538 g/mol. The molecule has 3 aromatic heterocycles. The summed E-state index contributed by atoms with van der Waals surface area (Å²) in [5, 5.41) is 7.24. The van der Waals surface area contributed by atoms with Gasteiger partial charge in [0.1, 0.15) is 0 Å². The number of nitrogens with one attached hydrogen (secondary N) is 2. The molecule has 0 unspecified atom stereocenters. The molecule has 2 atom stereocenters. The fourth-order valence-corrected chi connectivity index (χ4v) is 5.75. The number of nitrogens with zero attached hydrogens (tertiary/aromatic N) is 4. The fraction of sp³-hybridized carbons (Fsp3) is 0.290. The predicted molar refractivity (Wildman–Crippen MR) is 158 cm³/mol. The van der Waals surface area contributed by atoms with Crippen LogP contribution in [0.5, 0.6) is 0 Å². The lowest BCUT2D eigenvalue weighted by atomic mass is 9.96.